The van der Waals surface area contributed by atoms with Gasteiger partial charge in [0.05, 0.1) is 0 Å². The van der Waals surface area contributed by atoms with E-state index in [2.05, 4.69) is 48.7 Å². The lowest BCUT2D eigenvalue weighted by Crippen LogP contribution is -2.22. The maximum Gasteiger partial charge on any atom is 0.0205 e. The summed E-state index contributed by atoms with van der Waals surface area (Å²) < 4.78 is 0. The van der Waals surface area contributed by atoms with Crippen LogP contribution in [-0.4, -0.2) is 20.1 Å². The average Bonchev–Trinajstić information content (AvgIpc) is 2.67. The highest BCUT2D eigenvalue weighted by atomic mass is 14.9. The van der Waals surface area contributed by atoms with Crippen LogP contribution in [0.1, 0.15) is 89.2 Å². The molecule has 2 heteroatoms. The molecule has 1 aromatic carbocycles. The first-order chi connectivity index (χ1) is 12.8. The van der Waals surface area contributed by atoms with Crippen LogP contribution in [0.3, 0.4) is 0 Å². The highest BCUT2D eigenvalue weighted by Crippen LogP contribution is 2.18. The predicted octanol–water partition coefficient (Wildman–Crippen LogP) is 6.10. The SMILES string of the molecule is CCCCCCC(CCCCCC)CNCc1ccc(CCNC)cc1. The van der Waals surface area contributed by atoms with Gasteiger partial charge in [0.25, 0.3) is 0 Å². The largest absolute Gasteiger partial charge is 0.319 e. The first-order valence-electron chi connectivity index (χ1n) is 11.2. The molecule has 0 aliphatic carbocycles. The minimum absolute atomic E-state index is 0.860. The van der Waals surface area contributed by atoms with Crippen LogP contribution in [-0.2, 0) is 13.0 Å². The van der Waals surface area contributed by atoms with Gasteiger partial charge < -0.3 is 10.6 Å². The number of likely N-dealkylation sites (N-methyl/N-ethyl adjacent to an activating group) is 1. The third kappa shape index (κ3) is 11.7. The molecular formula is C24H44N2. The number of hydrogen-bond acceptors (Lipinski definition) is 2. The van der Waals surface area contributed by atoms with Gasteiger partial charge >= 0.3 is 0 Å². The zero-order chi connectivity index (χ0) is 18.9. The van der Waals surface area contributed by atoms with Crippen LogP contribution in [0.2, 0.25) is 0 Å². The molecule has 0 unspecified atom stereocenters. The molecule has 0 aliphatic rings. The number of rotatable bonds is 17. The van der Waals surface area contributed by atoms with E-state index in [9.17, 15) is 0 Å². The molecule has 0 aromatic heterocycles. The van der Waals surface area contributed by atoms with E-state index in [0.29, 0.717) is 0 Å². The molecule has 0 atom stereocenters. The third-order valence-corrected chi connectivity index (χ3v) is 5.38. The van der Waals surface area contributed by atoms with Gasteiger partial charge in [0.2, 0.25) is 0 Å². The summed E-state index contributed by atoms with van der Waals surface area (Å²) in [6.45, 7) is 7.84. The third-order valence-electron chi connectivity index (χ3n) is 5.38. The number of hydrogen-bond donors (Lipinski definition) is 2. The quantitative estimate of drug-likeness (QED) is 0.328. The van der Waals surface area contributed by atoms with E-state index in [-0.39, 0.29) is 0 Å². The van der Waals surface area contributed by atoms with E-state index in [1.165, 1.54) is 81.9 Å². The molecule has 0 fully saturated rings. The second-order valence-electron chi connectivity index (χ2n) is 7.87. The van der Waals surface area contributed by atoms with Gasteiger partial charge in [-0.15, -0.1) is 0 Å². The molecule has 26 heavy (non-hydrogen) atoms. The minimum atomic E-state index is 0.860. The molecule has 0 radical (unpaired) electrons. The van der Waals surface area contributed by atoms with E-state index in [0.717, 1.165) is 25.4 Å². The van der Waals surface area contributed by atoms with Crippen molar-refractivity contribution in [1.29, 1.82) is 0 Å². The molecule has 0 saturated heterocycles. The van der Waals surface area contributed by atoms with Crippen molar-refractivity contribution in [2.45, 2.75) is 91.0 Å². The van der Waals surface area contributed by atoms with Crippen molar-refractivity contribution in [2.75, 3.05) is 20.1 Å². The molecule has 0 amide bonds. The molecule has 0 aliphatic heterocycles. The number of benzene rings is 1. The van der Waals surface area contributed by atoms with Crippen molar-refractivity contribution in [2.24, 2.45) is 5.92 Å². The first-order valence-corrected chi connectivity index (χ1v) is 11.2. The van der Waals surface area contributed by atoms with Gasteiger partial charge in [-0.1, -0.05) is 89.5 Å². The first kappa shape index (κ1) is 23.2. The number of nitrogens with one attached hydrogen (secondary N) is 2. The van der Waals surface area contributed by atoms with Crippen LogP contribution in [0.4, 0.5) is 0 Å². The molecule has 0 heterocycles. The van der Waals surface area contributed by atoms with Gasteiger partial charge in [0.1, 0.15) is 0 Å². The Hall–Kier alpha value is -0.860. The smallest absolute Gasteiger partial charge is 0.0205 e. The average molecular weight is 361 g/mol. The zero-order valence-electron chi connectivity index (χ0n) is 17.8. The summed E-state index contributed by atoms with van der Waals surface area (Å²) in [6.07, 6.45) is 15.0. The van der Waals surface area contributed by atoms with E-state index in [4.69, 9.17) is 0 Å². The van der Waals surface area contributed by atoms with Crippen LogP contribution < -0.4 is 10.6 Å². The van der Waals surface area contributed by atoms with Gasteiger partial charge in [-0.25, -0.2) is 0 Å². The number of unbranched alkanes of at least 4 members (excludes halogenated alkanes) is 6. The van der Waals surface area contributed by atoms with Gasteiger partial charge in [-0.3, -0.25) is 0 Å². The summed E-state index contributed by atoms with van der Waals surface area (Å²) in [5.74, 6) is 0.860. The van der Waals surface area contributed by atoms with Crippen LogP contribution in [0.15, 0.2) is 24.3 Å². The lowest BCUT2D eigenvalue weighted by Gasteiger charge is -2.18. The molecule has 1 rings (SSSR count). The molecular weight excluding hydrogens is 316 g/mol. The summed E-state index contributed by atoms with van der Waals surface area (Å²) in [6, 6.07) is 9.13. The second kappa shape index (κ2) is 16.3. The van der Waals surface area contributed by atoms with Crippen molar-refractivity contribution in [1.82, 2.24) is 10.6 Å². The topological polar surface area (TPSA) is 24.1 Å². The predicted molar refractivity (Wildman–Crippen MR) is 117 cm³/mol. The van der Waals surface area contributed by atoms with E-state index in [1.54, 1.807) is 0 Å². The molecule has 0 bridgehead atoms. The fraction of sp³-hybridized carbons (Fsp3) is 0.750. The Morgan fingerprint density at radius 2 is 1.35 bits per heavy atom. The van der Waals surface area contributed by atoms with E-state index < -0.39 is 0 Å². The Labute approximate surface area is 163 Å². The van der Waals surface area contributed by atoms with Crippen LogP contribution in [0.5, 0.6) is 0 Å². The fourth-order valence-corrected chi connectivity index (χ4v) is 3.58. The maximum atomic E-state index is 3.73. The zero-order valence-corrected chi connectivity index (χ0v) is 17.8. The van der Waals surface area contributed by atoms with Crippen molar-refractivity contribution in [3.63, 3.8) is 0 Å². The fourth-order valence-electron chi connectivity index (χ4n) is 3.58. The molecule has 0 spiro atoms. The van der Waals surface area contributed by atoms with Crippen LogP contribution in [0, 0.1) is 5.92 Å². The monoisotopic (exact) mass is 360 g/mol. The van der Waals surface area contributed by atoms with Crippen molar-refractivity contribution < 1.29 is 0 Å². The Kier molecular flexibility index (Phi) is 14.6. The van der Waals surface area contributed by atoms with E-state index >= 15 is 0 Å². The molecule has 150 valence electrons. The summed E-state index contributed by atoms with van der Waals surface area (Å²) >= 11 is 0. The normalized spacial score (nSPS) is 11.4. The Bertz CT molecular complexity index is 401. The van der Waals surface area contributed by atoms with Gasteiger partial charge in [-0.05, 0) is 56.4 Å². The Balaban J connectivity index is 2.30. The Morgan fingerprint density at radius 3 is 1.88 bits per heavy atom. The van der Waals surface area contributed by atoms with Crippen molar-refractivity contribution in [3.05, 3.63) is 35.4 Å². The Morgan fingerprint density at radius 1 is 0.769 bits per heavy atom. The van der Waals surface area contributed by atoms with Gasteiger partial charge in [-0.2, -0.15) is 0 Å². The second-order valence-corrected chi connectivity index (χ2v) is 7.87. The molecule has 2 N–H and O–H groups in total. The lowest BCUT2D eigenvalue weighted by atomic mass is 9.94. The van der Waals surface area contributed by atoms with E-state index in [1.807, 2.05) is 7.05 Å². The van der Waals surface area contributed by atoms with Gasteiger partial charge in [0, 0.05) is 6.54 Å². The van der Waals surface area contributed by atoms with Crippen molar-refractivity contribution in [3.8, 4) is 0 Å². The summed E-state index contributed by atoms with van der Waals surface area (Å²) in [7, 11) is 2.01. The van der Waals surface area contributed by atoms with Crippen LogP contribution in [0.25, 0.3) is 0 Å². The lowest BCUT2D eigenvalue weighted by molar-refractivity contribution is 0.383. The highest BCUT2D eigenvalue weighted by Gasteiger charge is 2.08. The molecule has 0 saturated carbocycles. The highest BCUT2D eigenvalue weighted by molar-refractivity contribution is 5.22. The van der Waals surface area contributed by atoms with Crippen LogP contribution >= 0.6 is 0 Å². The summed E-state index contributed by atoms with van der Waals surface area (Å²) in [5, 5.41) is 6.95. The molecule has 1 aromatic rings. The minimum Gasteiger partial charge on any atom is -0.319 e. The summed E-state index contributed by atoms with van der Waals surface area (Å²) in [5.41, 5.74) is 2.83. The standard InChI is InChI=1S/C24H44N2/c1-4-6-8-10-12-23(13-11-9-7-5-2)20-26-21-24-16-14-22(15-17-24)18-19-25-3/h14-17,23,25-26H,4-13,18-21H2,1-3H3. The van der Waals surface area contributed by atoms with Crippen molar-refractivity contribution >= 4 is 0 Å². The maximum absolute atomic E-state index is 3.73. The van der Waals surface area contributed by atoms with Gasteiger partial charge in [0.15, 0.2) is 0 Å². The summed E-state index contributed by atoms with van der Waals surface area (Å²) in [4.78, 5) is 0. The molecule has 2 nitrogen and oxygen atoms in total.